The molecule has 1 saturated heterocycles. The molecule has 0 unspecified atom stereocenters. The number of nitrogens with zero attached hydrogens (tertiary/aromatic N) is 1. The van der Waals surface area contributed by atoms with Crippen LogP contribution in [0.4, 0.5) is 0 Å². The topological polar surface area (TPSA) is 3.88 Å². The van der Waals surface area contributed by atoms with Crippen molar-refractivity contribution in [1.82, 2.24) is 0 Å². The average molecular weight is 456 g/mol. The molecule has 0 amide bonds. The first kappa shape index (κ1) is 20.4. The Morgan fingerprint density at radius 1 is 0.848 bits per heavy atom. The molecule has 2 bridgehead atoms. The third-order valence-electron chi connectivity index (χ3n) is 9.56. The molecule has 2 heterocycles. The fourth-order valence-electron chi connectivity index (χ4n) is 7.24. The number of pyridine rings is 1. The monoisotopic (exact) mass is 455 g/mol. The van der Waals surface area contributed by atoms with E-state index in [9.17, 15) is 0 Å². The molecule has 2 fully saturated rings. The number of hydrogen-bond acceptors (Lipinski definition) is 0. The van der Waals surface area contributed by atoms with E-state index in [0.29, 0.717) is 12.0 Å². The third-order valence-corrected chi connectivity index (χ3v) is 12.8. The molecule has 7 rings (SSSR count). The molecular formula is C31H40NSi+. The van der Waals surface area contributed by atoms with Crippen molar-refractivity contribution in [3.05, 3.63) is 64.3 Å². The molecule has 2 aromatic carbocycles. The molecule has 172 valence electrons. The van der Waals surface area contributed by atoms with Gasteiger partial charge in [0.15, 0.2) is 5.69 Å². The Labute approximate surface area is 202 Å². The van der Waals surface area contributed by atoms with Crippen molar-refractivity contribution in [2.45, 2.75) is 95.3 Å². The zero-order valence-corrected chi connectivity index (χ0v) is 22.2. The highest BCUT2D eigenvalue weighted by atomic mass is 28.3. The van der Waals surface area contributed by atoms with Gasteiger partial charge in [-0.05, 0) is 103 Å². The molecule has 3 aromatic rings. The van der Waals surface area contributed by atoms with E-state index in [1.165, 1.54) is 78.4 Å². The smallest absolute Gasteiger partial charge is 0.198 e. The van der Waals surface area contributed by atoms with Crippen LogP contribution in [0.2, 0.25) is 25.2 Å². The zero-order chi connectivity index (χ0) is 23.8. The van der Waals surface area contributed by atoms with Gasteiger partial charge in [-0.3, -0.25) is 0 Å². The van der Waals surface area contributed by atoms with E-state index >= 15 is 0 Å². The van der Waals surface area contributed by atoms with Gasteiger partial charge in [-0.15, -0.1) is 0 Å². The Balaban J connectivity index is 1.50. The molecule has 0 atom stereocenters. The lowest BCUT2D eigenvalue weighted by molar-refractivity contribution is -0.665. The molecule has 1 saturated carbocycles. The van der Waals surface area contributed by atoms with E-state index in [1.54, 1.807) is 11.1 Å². The second kappa shape index (κ2) is 7.80. The summed E-state index contributed by atoms with van der Waals surface area (Å²) in [5.41, 5.74) is 9.85. The summed E-state index contributed by atoms with van der Waals surface area (Å²) < 4.78 is 11.3. The van der Waals surface area contributed by atoms with Gasteiger partial charge in [0.2, 0.25) is 5.69 Å². The molecule has 4 aliphatic rings. The molecule has 0 spiro atoms. The minimum absolute atomic E-state index is 0.670. The van der Waals surface area contributed by atoms with E-state index in [1.807, 2.05) is 0 Å². The molecule has 3 aliphatic carbocycles. The Kier molecular flexibility index (Phi) is 4.83. The van der Waals surface area contributed by atoms with Crippen LogP contribution in [0.1, 0.15) is 85.6 Å². The fraction of sp³-hybridized carbons (Fsp3) is 0.516. The van der Waals surface area contributed by atoms with E-state index in [0.717, 1.165) is 22.9 Å². The van der Waals surface area contributed by atoms with Crippen LogP contribution in [0.3, 0.4) is 0 Å². The predicted molar refractivity (Wildman–Crippen MR) is 143 cm³/mol. The first-order valence-corrected chi connectivity index (χ1v) is 16.7. The summed E-state index contributed by atoms with van der Waals surface area (Å²) in [6, 6.07) is 15.7. The summed E-state index contributed by atoms with van der Waals surface area (Å²) >= 11 is 0. The minimum atomic E-state index is -0.964. The maximum absolute atomic E-state index is 9.02. The normalized spacial score (nSPS) is 24.7. The Morgan fingerprint density at radius 3 is 2.15 bits per heavy atom. The molecule has 2 heteroatoms. The van der Waals surface area contributed by atoms with Gasteiger partial charge in [0.1, 0.15) is 7.05 Å². The minimum Gasteiger partial charge on any atom is -0.198 e. The lowest BCUT2D eigenvalue weighted by Crippen LogP contribution is -2.35. The molecule has 0 radical (unpaired) electrons. The number of aryl methyl sites for hydroxylation is 1. The lowest BCUT2D eigenvalue weighted by Gasteiger charge is -2.38. The van der Waals surface area contributed by atoms with Gasteiger partial charge in [-0.25, -0.2) is 0 Å². The van der Waals surface area contributed by atoms with Crippen molar-refractivity contribution >= 4 is 18.8 Å². The largest absolute Gasteiger partial charge is 0.220 e. The quantitative estimate of drug-likeness (QED) is 0.270. The summed E-state index contributed by atoms with van der Waals surface area (Å²) in [5.74, 6) is 2.20. The van der Waals surface area contributed by atoms with Gasteiger partial charge < -0.3 is 0 Å². The van der Waals surface area contributed by atoms with Crippen LogP contribution in [-0.4, -0.2) is 8.07 Å². The standard InChI is InChI=1S/C31H40NSi/c1-20-16-29-23-6-8-24(9-7-23)30(29)19-28(20)31-27-11-10-25(18-26(27)17-21(2)32(31)3)22-12-14-33(4,5)15-13-22/h10-11,16-19,22-24H,6-9,12-15H2,1-5H3/q+1/i17D. The number of fused-ring (bicyclic) bond motifs is 3. The van der Waals surface area contributed by atoms with Crippen molar-refractivity contribution in [3.63, 3.8) is 0 Å². The predicted octanol–water partition coefficient (Wildman–Crippen LogP) is 8.29. The Hall–Kier alpha value is -1.93. The van der Waals surface area contributed by atoms with Gasteiger partial charge in [0.25, 0.3) is 0 Å². The number of rotatable bonds is 2. The van der Waals surface area contributed by atoms with Gasteiger partial charge >= 0.3 is 0 Å². The van der Waals surface area contributed by atoms with Crippen LogP contribution in [-0.2, 0) is 7.05 Å². The Bertz CT molecular complexity index is 1290. The second-order valence-corrected chi connectivity index (χ2v) is 17.5. The summed E-state index contributed by atoms with van der Waals surface area (Å²) in [5, 5.41) is 2.39. The van der Waals surface area contributed by atoms with Gasteiger partial charge in [0, 0.05) is 21.0 Å². The highest BCUT2D eigenvalue weighted by Gasteiger charge is 2.34. The molecule has 33 heavy (non-hydrogen) atoms. The van der Waals surface area contributed by atoms with Gasteiger partial charge in [0.05, 0.1) is 12.3 Å². The fourth-order valence-corrected chi connectivity index (χ4v) is 9.75. The first-order chi connectivity index (χ1) is 16.2. The number of aromatic nitrogens is 1. The van der Waals surface area contributed by atoms with Crippen LogP contribution in [0.15, 0.2) is 36.4 Å². The van der Waals surface area contributed by atoms with Crippen molar-refractivity contribution < 1.29 is 5.94 Å². The first-order valence-electron chi connectivity index (χ1n) is 13.8. The molecule has 0 N–H and O–H groups in total. The molecule has 1 aliphatic heterocycles. The number of benzene rings is 2. The van der Waals surface area contributed by atoms with Crippen LogP contribution >= 0.6 is 0 Å². The van der Waals surface area contributed by atoms with Crippen molar-refractivity contribution in [1.29, 1.82) is 0 Å². The Morgan fingerprint density at radius 2 is 1.48 bits per heavy atom. The summed E-state index contributed by atoms with van der Waals surface area (Å²) in [7, 11) is 1.20. The highest BCUT2D eigenvalue weighted by Crippen LogP contribution is 2.51. The summed E-state index contributed by atoms with van der Waals surface area (Å²) in [4.78, 5) is 0. The van der Waals surface area contributed by atoms with Crippen LogP contribution in [0.5, 0.6) is 0 Å². The van der Waals surface area contributed by atoms with Crippen molar-refractivity contribution in [2.24, 2.45) is 7.05 Å². The molecule has 1 aromatic heterocycles. The van der Waals surface area contributed by atoms with Gasteiger partial charge in [-0.2, -0.15) is 4.57 Å². The van der Waals surface area contributed by atoms with Crippen LogP contribution in [0.25, 0.3) is 22.0 Å². The third kappa shape index (κ3) is 3.60. The van der Waals surface area contributed by atoms with E-state index in [-0.39, 0.29) is 0 Å². The number of hydrogen-bond donors (Lipinski definition) is 0. The van der Waals surface area contributed by atoms with Crippen LogP contribution in [0, 0.1) is 13.8 Å². The van der Waals surface area contributed by atoms with Gasteiger partial charge in [-0.1, -0.05) is 43.4 Å². The van der Waals surface area contributed by atoms with Crippen molar-refractivity contribution in [2.75, 3.05) is 0 Å². The maximum atomic E-state index is 9.02. The van der Waals surface area contributed by atoms with Crippen LogP contribution < -0.4 is 4.57 Å². The van der Waals surface area contributed by atoms with E-state index < -0.39 is 8.07 Å². The molecule has 1 nitrogen and oxygen atoms in total. The second-order valence-electron chi connectivity index (χ2n) is 12.2. The SMILES string of the molecule is [2H]c1c(C)[n+](C)c(-c2cc3c(cc2C)C2CCC3CC2)c2ccc(C3CC[Si](C)(C)CC3)cc12. The van der Waals surface area contributed by atoms with Crippen molar-refractivity contribution in [3.8, 4) is 11.3 Å². The van der Waals surface area contributed by atoms with E-state index in [4.69, 9.17) is 1.37 Å². The molecular weight excluding hydrogens is 414 g/mol. The maximum Gasteiger partial charge on any atom is 0.220 e. The van der Waals surface area contributed by atoms with E-state index in [2.05, 4.69) is 68.9 Å². The average Bonchev–Trinajstić information content (AvgIpc) is 2.83. The zero-order valence-electron chi connectivity index (χ0n) is 22.2. The summed E-state index contributed by atoms with van der Waals surface area (Å²) in [6.45, 7) is 9.53. The summed E-state index contributed by atoms with van der Waals surface area (Å²) in [6.07, 6.45) is 8.14. The highest BCUT2D eigenvalue weighted by molar-refractivity contribution is 6.77. The lowest BCUT2D eigenvalue weighted by atomic mass is 9.66.